The average Bonchev–Trinajstić information content (AvgIpc) is 1.90. The predicted molar refractivity (Wildman–Crippen MR) is 47.6 cm³/mol. The highest BCUT2D eigenvalue weighted by Crippen LogP contribution is 2.14. The van der Waals surface area contributed by atoms with Gasteiger partial charge in [-0.15, -0.1) is 17.0 Å². The zero-order valence-corrected chi connectivity index (χ0v) is 8.05. The molecule has 0 aromatic rings. The lowest BCUT2D eigenvalue weighted by atomic mass is 9.93. The van der Waals surface area contributed by atoms with Crippen molar-refractivity contribution >= 4 is 17.0 Å². The summed E-state index contributed by atoms with van der Waals surface area (Å²) in [5, 5.41) is 12.4. The first-order valence-corrected chi connectivity index (χ1v) is 3.69. The smallest absolute Gasteiger partial charge is 0.0541 e. The number of piperidine rings is 1. The Morgan fingerprint density at radius 2 is 1.90 bits per heavy atom. The molecule has 1 unspecified atom stereocenters. The van der Waals surface area contributed by atoms with Crippen LogP contribution in [0.3, 0.4) is 0 Å². The lowest BCUT2D eigenvalue weighted by Gasteiger charge is -2.24. The maximum absolute atomic E-state index is 9.15. The van der Waals surface area contributed by atoms with E-state index in [1.165, 1.54) is 0 Å². The van der Waals surface area contributed by atoms with Gasteiger partial charge in [0.1, 0.15) is 0 Å². The van der Waals surface area contributed by atoms with Crippen LogP contribution in [0.25, 0.3) is 0 Å². The van der Waals surface area contributed by atoms with E-state index in [1.807, 2.05) is 6.92 Å². The van der Waals surface area contributed by atoms with E-state index in [0.717, 1.165) is 25.9 Å². The Kier molecular flexibility index (Phi) is 5.31. The van der Waals surface area contributed by atoms with E-state index in [1.54, 1.807) is 0 Å². The van der Waals surface area contributed by atoms with Crippen LogP contribution in [-0.2, 0) is 0 Å². The summed E-state index contributed by atoms with van der Waals surface area (Å²) in [6.07, 6.45) is 2.17. The van der Waals surface area contributed by atoms with Crippen LogP contribution >= 0.6 is 17.0 Å². The molecule has 1 atom stereocenters. The molecular weight excluding hydrogens is 194 g/mol. The van der Waals surface area contributed by atoms with E-state index >= 15 is 0 Å². The molecule has 2 N–H and O–H groups in total. The van der Waals surface area contributed by atoms with E-state index in [4.69, 9.17) is 5.11 Å². The number of aliphatic hydroxyl groups excluding tert-OH is 1. The number of hydrogen-bond acceptors (Lipinski definition) is 2. The summed E-state index contributed by atoms with van der Waals surface area (Å²) >= 11 is 0. The molecule has 1 aliphatic rings. The van der Waals surface area contributed by atoms with Gasteiger partial charge in [0.2, 0.25) is 0 Å². The van der Waals surface area contributed by atoms with Gasteiger partial charge >= 0.3 is 0 Å². The minimum absolute atomic E-state index is 0. The first-order valence-electron chi connectivity index (χ1n) is 3.69. The van der Waals surface area contributed by atoms with Crippen molar-refractivity contribution in [1.29, 1.82) is 0 Å². The lowest BCUT2D eigenvalue weighted by Crippen LogP contribution is -2.32. The van der Waals surface area contributed by atoms with Gasteiger partial charge in [-0.05, 0) is 38.8 Å². The Bertz CT molecular complexity index is 81.7. The summed E-state index contributed by atoms with van der Waals surface area (Å²) in [6, 6.07) is 0. The van der Waals surface area contributed by atoms with Crippen molar-refractivity contribution in [2.75, 3.05) is 13.1 Å². The standard InChI is InChI=1S/C7H15NO.BrH/c1-6(9)7-2-4-8-5-3-7;/h6-9H,2-5H2,1H3;1H. The number of rotatable bonds is 1. The third kappa shape index (κ3) is 2.99. The molecule has 2 nitrogen and oxygen atoms in total. The van der Waals surface area contributed by atoms with E-state index in [2.05, 4.69) is 5.32 Å². The molecule has 0 aliphatic carbocycles. The lowest BCUT2D eigenvalue weighted by molar-refractivity contribution is 0.105. The van der Waals surface area contributed by atoms with Crippen molar-refractivity contribution < 1.29 is 5.11 Å². The van der Waals surface area contributed by atoms with E-state index in [-0.39, 0.29) is 23.1 Å². The fraction of sp³-hybridized carbons (Fsp3) is 1.00. The molecule has 1 rings (SSSR count). The second kappa shape index (κ2) is 5.10. The van der Waals surface area contributed by atoms with Crippen molar-refractivity contribution in [2.45, 2.75) is 25.9 Å². The van der Waals surface area contributed by atoms with Crippen LogP contribution in [0.5, 0.6) is 0 Å². The Hall–Kier alpha value is 0.400. The minimum atomic E-state index is -0.105. The van der Waals surface area contributed by atoms with Gasteiger partial charge in [0.05, 0.1) is 6.10 Å². The van der Waals surface area contributed by atoms with Crippen LogP contribution in [0.15, 0.2) is 0 Å². The molecule has 1 aliphatic heterocycles. The van der Waals surface area contributed by atoms with Crippen LogP contribution in [0, 0.1) is 5.92 Å². The molecule has 0 aromatic carbocycles. The van der Waals surface area contributed by atoms with Gasteiger partial charge in [-0.2, -0.15) is 0 Å². The van der Waals surface area contributed by atoms with Crippen molar-refractivity contribution in [3.05, 3.63) is 0 Å². The van der Waals surface area contributed by atoms with Gasteiger partial charge < -0.3 is 10.4 Å². The molecule has 0 bridgehead atoms. The molecule has 1 saturated heterocycles. The molecule has 1 fully saturated rings. The highest BCUT2D eigenvalue weighted by Gasteiger charge is 2.16. The normalized spacial score (nSPS) is 23.4. The molecule has 1 heterocycles. The second-order valence-electron chi connectivity index (χ2n) is 2.83. The fourth-order valence-corrected chi connectivity index (χ4v) is 1.33. The number of nitrogens with one attached hydrogen (secondary N) is 1. The summed E-state index contributed by atoms with van der Waals surface area (Å²) in [6.45, 7) is 4.04. The molecular formula is C7H16BrNO. The van der Waals surface area contributed by atoms with Crippen LogP contribution < -0.4 is 5.32 Å². The van der Waals surface area contributed by atoms with Crippen LogP contribution in [0.2, 0.25) is 0 Å². The zero-order valence-electron chi connectivity index (χ0n) is 6.34. The van der Waals surface area contributed by atoms with Crippen LogP contribution in [0.1, 0.15) is 19.8 Å². The van der Waals surface area contributed by atoms with E-state index < -0.39 is 0 Å². The number of aliphatic hydroxyl groups is 1. The van der Waals surface area contributed by atoms with Gasteiger partial charge in [-0.3, -0.25) is 0 Å². The zero-order chi connectivity index (χ0) is 6.69. The molecule has 3 heteroatoms. The third-order valence-corrected chi connectivity index (χ3v) is 2.07. The first-order chi connectivity index (χ1) is 4.30. The molecule has 10 heavy (non-hydrogen) atoms. The SMILES string of the molecule is Br.CC(O)C1CCNCC1. The molecule has 0 saturated carbocycles. The molecule has 0 amide bonds. The fourth-order valence-electron chi connectivity index (χ4n) is 1.33. The molecule has 0 spiro atoms. The van der Waals surface area contributed by atoms with Crippen molar-refractivity contribution in [1.82, 2.24) is 5.32 Å². The Morgan fingerprint density at radius 3 is 2.20 bits per heavy atom. The third-order valence-electron chi connectivity index (χ3n) is 2.07. The Morgan fingerprint density at radius 1 is 1.40 bits per heavy atom. The maximum Gasteiger partial charge on any atom is 0.0541 e. The van der Waals surface area contributed by atoms with Gasteiger partial charge in [0, 0.05) is 0 Å². The molecule has 0 aromatic heterocycles. The topological polar surface area (TPSA) is 32.3 Å². The quantitative estimate of drug-likeness (QED) is 0.675. The number of halogens is 1. The highest BCUT2D eigenvalue weighted by molar-refractivity contribution is 8.93. The van der Waals surface area contributed by atoms with Gasteiger partial charge in [0.15, 0.2) is 0 Å². The monoisotopic (exact) mass is 209 g/mol. The Labute approximate surface area is 72.8 Å². The van der Waals surface area contributed by atoms with Gasteiger partial charge in [-0.25, -0.2) is 0 Å². The van der Waals surface area contributed by atoms with Gasteiger partial charge in [-0.1, -0.05) is 0 Å². The summed E-state index contributed by atoms with van der Waals surface area (Å²) < 4.78 is 0. The molecule has 0 radical (unpaired) electrons. The van der Waals surface area contributed by atoms with Crippen LogP contribution in [0.4, 0.5) is 0 Å². The molecule has 62 valence electrons. The first kappa shape index (κ1) is 10.4. The van der Waals surface area contributed by atoms with Crippen LogP contribution in [-0.4, -0.2) is 24.3 Å². The van der Waals surface area contributed by atoms with Gasteiger partial charge in [0.25, 0.3) is 0 Å². The van der Waals surface area contributed by atoms with E-state index in [9.17, 15) is 0 Å². The summed E-state index contributed by atoms with van der Waals surface area (Å²) in [7, 11) is 0. The minimum Gasteiger partial charge on any atom is -0.393 e. The summed E-state index contributed by atoms with van der Waals surface area (Å²) in [5.41, 5.74) is 0. The second-order valence-corrected chi connectivity index (χ2v) is 2.83. The predicted octanol–water partition coefficient (Wildman–Crippen LogP) is 0.945. The van der Waals surface area contributed by atoms with Crippen molar-refractivity contribution in [3.8, 4) is 0 Å². The maximum atomic E-state index is 9.15. The largest absolute Gasteiger partial charge is 0.393 e. The average molecular weight is 210 g/mol. The number of hydrogen-bond donors (Lipinski definition) is 2. The van der Waals surface area contributed by atoms with Crippen molar-refractivity contribution in [3.63, 3.8) is 0 Å². The van der Waals surface area contributed by atoms with E-state index in [0.29, 0.717) is 5.92 Å². The Balaban J connectivity index is 0.000000810. The summed E-state index contributed by atoms with van der Waals surface area (Å²) in [5.74, 6) is 0.547. The summed E-state index contributed by atoms with van der Waals surface area (Å²) in [4.78, 5) is 0. The van der Waals surface area contributed by atoms with Crippen molar-refractivity contribution in [2.24, 2.45) is 5.92 Å². The highest BCUT2D eigenvalue weighted by atomic mass is 79.9.